The summed E-state index contributed by atoms with van der Waals surface area (Å²) in [4.78, 5) is 1.08. The molecular formula is C10H12S. The number of allylic oxidation sites excluding steroid dienone is 2. The maximum Gasteiger partial charge on any atom is -0.0180 e. The molecule has 0 unspecified atom stereocenters. The zero-order valence-electron chi connectivity index (χ0n) is 6.83. The summed E-state index contributed by atoms with van der Waals surface area (Å²) in [5.41, 5.74) is 2.49. The molecule has 1 aromatic carbocycles. The molecular weight excluding hydrogens is 152 g/mol. The molecule has 11 heavy (non-hydrogen) atoms. The van der Waals surface area contributed by atoms with Crippen LogP contribution in [0.1, 0.15) is 19.4 Å². The second-order valence-electron chi connectivity index (χ2n) is 2.58. The predicted molar refractivity (Wildman–Crippen MR) is 53.7 cm³/mol. The van der Waals surface area contributed by atoms with E-state index in [1.54, 1.807) is 0 Å². The van der Waals surface area contributed by atoms with E-state index in [4.69, 9.17) is 0 Å². The van der Waals surface area contributed by atoms with Gasteiger partial charge in [-0.05, 0) is 29.9 Å². The van der Waals surface area contributed by atoms with Gasteiger partial charge >= 0.3 is 0 Å². The molecule has 0 spiro atoms. The minimum absolute atomic E-state index is 1.08. The molecule has 0 N–H and O–H groups in total. The van der Waals surface area contributed by atoms with Crippen LogP contribution in [0.2, 0.25) is 0 Å². The van der Waals surface area contributed by atoms with E-state index in [1.807, 2.05) is 25.1 Å². The Morgan fingerprint density at radius 2 is 1.64 bits per heavy atom. The maximum atomic E-state index is 4.28. The molecule has 0 saturated carbocycles. The Labute approximate surface area is 73.4 Å². The lowest BCUT2D eigenvalue weighted by atomic mass is 10.1. The fourth-order valence-corrected chi connectivity index (χ4v) is 1.03. The zero-order chi connectivity index (χ0) is 8.27. The van der Waals surface area contributed by atoms with Crippen molar-refractivity contribution in [2.45, 2.75) is 13.8 Å². The summed E-state index contributed by atoms with van der Waals surface area (Å²) in [6.45, 7) is 4.09. The molecule has 0 saturated heterocycles. The number of hydrogen-bond donors (Lipinski definition) is 1. The molecule has 0 nitrogen and oxygen atoms in total. The van der Waals surface area contributed by atoms with Gasteiger partial charge in [0.1, 0.15) is 0 Å². The molecule has 0 heterocycles. The Morgan fingerprint density at radius 3 is 2.09 bits per heavy atom. The van der Waals surface area contributed by atoms with Gasteiger partial charge in [0.25, 0.3) is 0 Å². The average molecular weight is 164 g/mol. The van der Waals surface area contributed by atoms with Crippen molar-refractivity contribution in [3.8, 4) is 0 Å². The minimum atomic E-state index is 1.08. The van der Waals surface area contributed by atoms with Gasteiger partial charge < -0.3 is 0 Å². The first-order valence-corrected chi connectivity index (χ1v) is 4.08. The Kier molecular flexibility index (Phi) is 2.77. The van der Waals surface area contributed by atoms with Crippen LogP contribution in [0, 0.1) is 0 Å². The van der Waals surface area contributed by atoms with Crippen LogP contribution in [0.5, 0.6) is 0 Å². The smallest absolute Gasteiger partial charge is 0.0180 e. The van der Waals surface area contributed by atoms with Crippen molar-refractivity contribution < 1.29 is 0 Å². The van der Waals surface area contributed by atoms with E-state index in [0.29, 0.717) is 0 Å². The van der Waals surface area contributed by atoms with Gasteiger partial charge in [-0.1, -0.05) is 30.3 Å². The standard InChI is InChI=1S/C10H12S/c1-8(9(2)11)10-6-4-3-5-7-10/h3-7,11H,1-2H3/b9-8-. The lowest BCUT2D eigenvalue weighted by molar-refractivity contribution is 1.53. The topological polar surface area (TPSA) is 0 Å². The van der Waals surface area contributed by atoms with Crippen LogP contribution in [0.4, 0.5) is 0 Å². The first-order chi connectivity index (χ1) is 5.22. The number of rotatable bonds is 1. The third-order valence-electron chi connectivity index (χ3n) is 1.75. The Hall–Kier alpha value is -0.690. The molecule has 1 aromatic rings. The van der Waals surface area contributed by atoms with Crippen LogP contribution < -0.4 is 0 Å². The molecule has 0 aliphatic heterocycles. The third-order valence-corrected chi connectivity index (χ3v) is 2.08. The molecule has 0 bridgehead atoms. The van der Waals surface area contributed by atoms with Crippen molar-refractivity contribution >= 4 is 18.2 Å². The van der Waals surface area contributed by atoms with E-state index < -0.39 is 0 Å². The lowest BCUT2D eigenvalue weighted by Crippen LogP contribution is -1.78. The number of benzene rings is 1. The van der Waals surface area contributed by atoms with Crippen molar-refractivity contribution in [2.24, 2.45) is 0 Å². The van der Waals surface area contributed by atoms with Crippen LogP contribution in [-0.4, -0.2) is 0 Å². The monoisotopic (exact) mass is 164 g/mol. The number of thiol groups is 1. The summed E-state index contributed by atoms with van der Waals surface area (Å²) in [6.07, 6.45) is 0. The summed E-state index contributed by atoms with van der Waals surface area (Å²) in [5.74, 6) is 0. The van der Waals surface area contributed by atoms with E-state index in [1.165, 1.54) is 11.1 Å². The molecule has 0 amide bonds. The van der Waals surface area contributed by atoms with Crippen molar-refractivity contribution in [1.82, 2.24) is 0 Å². The zero-order valence-corrected chi connectivity index (χ0v) is 7.73. The van der Waals surface area contributed by atoms with Gasteiger partial charge in [0.05, 0.1) is 0 Å². The molecule has 58 valence electrons. The second kappa shape index (κ2) is 3.63. The maximum absolute atomic E-state index is 4.28. The Bertz CT molecular complexity index is 255. The predicted octanol–water partition coefficient (Wildman–Crippen LogP) is 3.37. The van der Waals surface area contributed by atoms with E-state index in [9.17, 15) is 0 Å². The van der Waals surface area contributed by atoms with E-state index in [2.05, 4.69) is 31.7 Å². The van der Waals surface area contributed by atoms with Gasteiger partial charge in [-0.2, -0.15) is 0 Å². The van der Waals surface area contributed by atoms with E-state index in [-0.39, 0.29) is 0 Å². The van der Waals surface area contributed by atoms with Gasteiger partial charge in [-0.25, -0.2) is 0 Å². The van der Waals surface area contributed by atoms with Crippen LogP contribution in [0.3, 0.4) is 0 Å². The summed E-state index contributed by atoms with van der Waals surface area (Å²) in [7, 11) is 0. The largest absolute Gasteiger partial charge is 0.148 e. The Balaban J connectivity index is 3.04. The molecule has 0 aromatic heterocycles. The molecule has 0 fully saturated rings. The average Bonchev–Trinajstić information content (AvgIpc) is 2.05. The second-order valence-corrected chi connectivity index (χ2v) is 3.25. The fraction of sp³-hybridized carbons (Fsp3) is 0.200. The van der Waals surface area contributed by atoms with Gasteiger partial charge in [0.2, 0.25) is 0 Å². The highest BCUT2D eigenvalue weighted by Crippen LogP contribution is 2.18. The van der Waals surface area contributed by atoms with Gasteiger partial charge in [0.15, 0.2) is 0 Å². The summed E-state index contributed by atoms with van der Waals surface area (Å²) < 4.78 is 0. The molecule has 1 rings (SSSR count). The quantitative estimate of drug-likeness (QED) is 0.604. The summed E-state index contributed by atoms with van der Waals surface area (Å²) >= 11 is 4.28. The summed E-state index contributed by atoms with van der Waals surface area (Å²) in [5, 5.41) is 0. The SMILES string of the molecule is C/C(S)=C(\C)c1ccccc1. The molecule has 0 aliphatic carbocycles. The van der Waals surface area contributed by atoms with Gasteiger partial charge in [-0.3, -0.25) is 0 Å². The van der Waals surface area contributed by atoms with Gasteiger partial charge in [-0.15, -0.1) is 12.6 Å². The molecule has 0 atom stereocenters. The molecule has 0 radical (unpaired) electrons. The highest BCUT2D eigenvalue weighted by atomic mass is 32.1. The van der Waals surface area contributed by atoms with Gasteiger partial charge in [0, 0.05) is 0 Å². The fourth-order valence-electron chi connectivity index (χ4n) is 0.897. The third kappa shape index (κ3) is 2.12. The molecule has 1 heteroatoms. The van der Waals surface area contributed by atoms with Crippen LogP contribution in [0.15, 0.2) is 35.2 Å². The highest BCUT2D eigenvalue weighted by Gasteiger charge is 1.94. The van der Waals surface area contributed by atoms with Crippen molar-refractivity contribution in [3.63, 3.8) is 0 Å². The van der Waals surface area contributed by atoms with Crippen molar-refractivity contribution in [3.05, 3.63) is 40.8 Å². The van der Waals surface area contributed by atoms with Crippen molar-refractivity contribution in [1.29, 1.82) is 0 Å². The summed E-state index contributed by atoms with van der Waals surface area (Å²) in [6, 6.07) is 10.3. The number of hydrogen-bond acceptors (Lipinski definition) is 1. The first kappa shape index (κ1) is 8.41. The van der Waals surface area contributed by atoms with Crippen LogP contribution in [-0.2, 0) is 0 Å². The van der Waals surface area contributed by atoms with Crippen LogP contribution >= 0.6 is 12.6 Å². The van der Waals surface area contributed by atoms with Crippen LogP contribution in [0.25, 0.3) is 5.57 Å². The van der Waals surface area contributed by atoms with E-state index in [0.717, 1.165) is 4.91 Å². The lowest BCUT2D eigenvalue weighted by Gasteiger charge is -2.01. The van der Waals surface area contributed by atoms with E-state index >= 15 is 0 Å². The Morgan fingerprint density at radius 1 is 1.09 bits per heavy atom. The normalized spacial score (nSPS) is 12.6. The first-order valence-electron chi connectivity index (χ1n) is 3.63. The minimum Gasteiger partial charge on any atom is -0.148 e. The highest BCUT2D eigenvalue weighted by molar-refractivity contribution is 7.84. The molecule has 0 aliphatic rings. The van der Waals surface area contributed by atoms with Crippen molar-refractivity contribution in [2.75, 3.05) is 0 Å².